The molecule has 0 aliphatic heterocycles. The minimum Gasteiger partial charge on any atom is -0.323 e. The van der Waals surface area contributed by atoms with Gasteiger partial charge in [0.2, 0.25) is 0 Å². The third-order valence-corrected chi connectivity index (χ3v) is 3.38. The fourth-order valence-electron chi connectivity index (χ4n) is 1.44. The average molecular weight is 253 g/mol. The standard InChI is InChI=1S/C12H13ClN2S/c1-8(14)11-7-16-12(15-11)6-9-3-2-4-10(13)5-9/h2-5,7-8H,6,14H2,1H3. The van der Waals surface area contributed by atoms with Gasteiger partial charge in [-0.2, -0.15) is 0 Å². The van der Waals surface area contributed by atoms with Crippen LogP contribution in [0, 0.1) is 0 Å². The molecule has 16 heavy (non-hydrogen) atoms. The molecule has 0 spiro atoms. The number of rotatable bonds is 3. The van der Waals surface area contributed by atoms with E-state index >= 15 is 0 Å². The highest BCUT2D eigenvalue weighted by Gasteiger charge is 2.06. The lowest BCUT2D eigenvalue weighted by molar-refractivity contribution is 0.784. The Morgan fingerprint density at radius 3 is 2.94 bits per heavy atom. The van der Waals surface area contributed by atoms with Gasteiger partial charge in [-0.05, 0) is 24.6 Å². The van der Waals surface area contributed by atoms with Gasteiger partial charge in [0, 0.05) is 22.9 Å². The summed E-state index contributed by atoms with van der Waals surface area (Å²) >= 11 is 7.57. The fraction of sp³-hybridized carbons (Fsp3) is 0.250. The fourth-order valence-corrected chi connectivity index (χ4v) is 2.58. The van der Waals surface area contributed by atoms with Crippen molar-refractivity contribution < 1.29 is 0 Å². The van der Waals surface area contributed by atoms with E-state index in [4.69, 9.17) is 17.3 Å². The molecule has 1 unspecified atom stereocenters. The first-order valence-corrected chi connectivity index (χ1v) is 6.35. The van der Waals surface area contributed by atoms with Gasteiger partial charge in [-0.1, -0.05) is 23.7 Å². The molecule has 0 radical (unpaired) electrons. The highest BCUT2D eigenvalue weighted by atomic mass is 35.5. The van der Waals surface area contributed by atoms with Crippen molar-refractivity contribution in [2.75, 3.05) is 0 Å². The van der Waals surface area contributed by atoms with Crippen LogP contribution in [0.5, 0.6) is 0 Å². The Bertz CT molecular complexity index is 479. The predicted molar refractivity (Wildman–Crippen MR) is 69.0 cm³/mol. The van der Waals surface area contributed by atoms with E-state index < -0.39 is 0 Å². The van der Waals surface area contributed by atoms with E-state index in [0.717, 1.165) is 22.1 Å². The lowest BCUT2D eigenvalue weighted by atomic mass is 10.2. The average Bonchev–Trinajstić information content (AvgIpc) is 2.66. The van der Waals surface area contributed by atoms with Crippen LogP contribution in [0.1, 0.15) is 29.2 Å². The van der Waals surface area contributed by atoms with Crippen LogP contribution in [0.15, 0.2) is 29.6 Å². The predicted octanol–water partition coefficient (Wildman–Crippen LogP) is 3.41. The molecule has 0 saturated carbocycles. The van der Waals surface area contributed by atoms with Gasteiger partial charge in [-0.15, -0.1) is 11.3 Å². The Morgan fingerprint density at radius 2 is 2.31 bits per heavy atom. The molecule has 1 heterocycles. The molecule has 4 heteroatoms. The zero-order chi connectivity index (χ0) is 11.5. The SMILES string of the molecule is CC(N)c1csc(Cc2cccc(Cl)c2)n1. The maximum absolute atomic E-state index is 5.93. The summed E-state index contributed by atoms with van der Waals surface area (Å²) in [6.45, 7) is 1.94. The van der Waals surface area contributed by atoms with Gasteiger partial charge >= 0.3 is 0 Å². The second kappa shape index (κ2) is 4.95. The van der Waals surface area contributed by atoms with Crippen molar-refractivity contribution in [1.29, 1.82) is 0 Å². The Labute approximate surface area is 104 Å². The van der Waals surface area contributed by atoms with E-state index in [1.807, 2.05) is 30.5 Å². The summed E-state index contributed by atoms with van der Waals surface area (Å²) in [5.74, 6) is 0. The molecule has 0 bridgehead atoms. The van der Waals surface area contributed by atoms with Gasteiger partial charge < -0.3 is 5.73 Å². The van der Waals surface area contributed by atoms with Gasteiger partial charge in [0.05, 0.1) is 10.7 Å². The van der Waals surface area contributed by atoms with Gasteiger partial charge in [-0.3, -0.25) is 0 Å². The summed E-state index contributed by atoms with van der Waals surface area (Å²) in [4.78, 5) is 4.49. The molecule has 0 aliphatic rings. The number of benzene rings is 1. The quantitative estimate of drug-likeness (QED) is 0.909. The summed E-state index contributed by atoms with van der Waals surface area (Å²) in [7, 11) is 0. The van der Waals surface area contributed by atoms with Gasteiger partial charge in [0.25, 0.3) is 0 Å². The topological polar surface area (TPSA) is 38.9 Å². The third kappa shape index (κ3) is 2.82. The van der Waals surface area contributed by atoms with Crippen LogP contribution >= 0.6 is 22.9 Å². The Morgan fingerprint density at radius 1 is 1.50 bits per heavy atom. The number of halogens is 1. The largest absolute Gasteiger partial charge is 0.323 e. The zero-order valence-electron chi connectivity index (χ0n) is 8.98. The number of nitrogens with two attached hydrogens (primary N) is 1. The van der Waals surface area contributed by atoms with E-state index in [0.29, 0.717) is 0 Å². The Hall–Kier alpha value is -0.900. The first kappa shape index (κ1) is 11.6. The molecule has 0 saturated heterocycles. The third-order valence-electron chi connectivity index (χ3n) is 2.28. The highest BCUT2D eigenvalue weighted by molar-refractivity contribution is 7.09. The summed E-state index contributed by atoms with van der Waals surface area (Å²) < 4.78 is 0. The van der Waals surface area contributed by atoms with Crippen LogP contribution in [0.2, 0.25) is 5.02 Å². The summed E-state index contributed by atoms with van der Waals surface area (Å²) in [6.07, 6.45) is 0.817. The molecule has 0 aliphatic carbocycles. The van der Waals surface area contributed by atoms with Crippen molar-refractivity contribution in [2.45, 2.75) is 19.4 Å². The molecule has 2 rings (SSSR count). The zero-order valence-corrected chi connectivity index (χ0v) is 10.6. The minimum absolute atomic E-state index is 0.00404. The molecule has 1 atom stereocenters. The number of hydrogen-bond acceptors (Lipinski definition) is 3. The van der Waals surface area contributed by atoms with Crippen molar-refractivity contribution in [1.82, 2.24) is 4.98 Å². The molecule has 2 nitrogen and oxygen atoms in total. The first-order chi connectivity index (χ1) is 7.65. The lowest BCUT2D eigenvalue weighted by Crippen LogP contribution is -2.05. The molecule has 0 fully saturated rings. The smallest absolute Gasteiger partial charge is 0.0972 e. The van der Waals surface area contributed by atoms with Crippen molar-refractivity contribution in [3.8, 4) is 0 Å². The molecule has 1 aromatic heterocycles. The van der Waals surface area contributed by atoms with Crippen LogP contribution in [-0.4, -0.2) is 4.98 Å². The lowest BCUT2D eigenvalue weighted by Gasteiger charge is -1.99. The number of nitrogens with zero attached hydrogens (tertiary/aromatic N) is 1. The van der Waals surface area contributed by atoms with E-state index in [-0.39, 0.29) is 6.04 Å². The van der Waals surface area contributed by atoms with E-state index in [9.17, 15) is 0 Å². The minimum atomic E-state index is 0.00404. The first-order valence-electron chi connectivity index (χ1n) is 5.09. The van der Waals surface area contributed by atoms with E-state index in [1.165, 1.54) is 5.56 Å². The summed E-state index contributed by atoms with van der Waals surface area (Å²) in [5.41, 5.74) is 7.91. The Balaban J connectivity index is 2.14. The van der Waals surface area contributed by atoms with Crippen LogP contribution in [0.3, 0.4) is 0 Å². The van der Waals surface area contributed by atoms with Gasteiger partial charge in [0.15, 0.2) is 0 Å². The summed E-state index contributed by atoms with van der Waals surface area (Å²) in [5, 5.41) is 3.86. The molecule has 0 amide bonds. The van der Waals surface area contributed by atoms with Crippen LogP contribution < -0.4 is 5.73 Å². The van der Waals surface area contributed by atoms with Crippen LogP contribution in [-0.2, 0) is 6.42 Å². The van der Waals surface area contributed by atoms with Crippen molar-refractivity contribution in [3.63, 3.8) is 0 Å². The van der Waals surface area contributed by atoms with Crippen LogP contribution in [0.4, 0.5) is 0 Å². The van der Waals surface area contributed by atoms with Gasteiger partial charge in [0.1, 0.15) is 0 Å². The van der Waals surface area contributed by atoms with Gasteiger partial charge in [-0.25, -0.2) is 4.98 Å². The second-order valence-electron chi connectivity index (χ2n) is 3.76. The van der Waals surface area contributed by atoms with Crippen molar-refractivity contribution in [3.05, 3.63) is 50.9 Å². The molecule has 1 aromatic carbocycles. The molecular weight excluding hydrogens is 240 g/mol. The normalized spacial score (nSPS) is 12.7. The number of aromatic nitrogens is 1. The molecule has 84 valence electrons. The van der Waals surface area contributed by atoms with Crippen LogP contribution in [0.25, 0.3) is 0 Å². The number of hydrogen-bond donors (Lipinski definition) is 1. The number of thiazole rings is 1. The molecule has 2 N–H and O–H groups in total. The second-order valence-corrected chi connectivity index (χ2v) is 5.14. The highest BCUT2D eigenvalue weighted by Crippen LogP contribution is 2.19. The van der Waals surface area contributed by atoms with Crippen molar-refractivity contribution in [2.24, 2.45) is 5.73 Å². The van der Waals surface area contributed by atoms with E-state index in [1.54, 1.807) is 11.3 Å². The van der Waals surface area contributed by atoms with Crippen molar-refractivity contribution >= 4 is 22.9 Å². The molecule has 2 aromatic rings. The Kier molecular flexibility index (Phi) is 3.59. The monoisotopic (exact) mass is 252 g/mol. The maximum atomic E-state index is 5.93. The maximum Gasteiger partial charge on any atom is 0.0972 e. The summed E-state index contributed by atoms with van der Waals surface area (Å²) in [6, 6.07) is 7.86. The molecular formula is C12H13ClN2S. The van der Waals surface area contributed by atoms with E-state index in [2.05, 4.69) is 11.1 Å².